The first-order valence-electron chi connectivity index (χ1n) is 10.8. The van der Waals surface area contributed by atoms with Crippen LogP contribution >= 0.6 is 0 Å². The highest BCUT2D eigenvalue weighted by Gasteiger charge is 2.26. The third-order valence-corrected chi connectivity index (χ3v) is 6.16. The van der Waals surface area contributed by atoms with Gasteiger partial charge < -0.3 is 20.3 Å². The lowest BCUT2D eigenvalue weighted by atomic mass is 10.0. The second-order valence-electron chi connectivity index (χ2n) is 8.20. The summed E-state index contributed by atoms with van der Waals surface area (Å²) in [6.45, 7) is 6.23. The van der Waals surface area contributed by atoms with E-state index in [1.807, 2.05) is 25.1 Å². The highest BCUT2D eigenvalue weighted by molar-refractivity contribution is 6.39. The lowest BCUT2D eigenvalue weighted by molar-refractivity contribution is -0.136. The number of hydrogen-bond donors (Lipinski definition) is 2. The van der Waals surface area contributed by atoms with Gasteiger partial charge in [-0.15, -0.1) is 0 Å². The van der Waals surface area contributed by atoms with E-state index in [1.165, 1.54) is 11.3 Å². The molecule has 2 aliphatic rings. The molecular formula is C24H30N4O3. The van der Waals surface area contributed by atoms with Gasteiger partial charge in [-0.3, -0.25) is 14.5 Å². The molecule has 2 aromatic carbocycles. The predicted octanol–water partition coefficient (Wildman–Crippen LogP) is 2.12. The van der Waals surface area contributed by atoms with Crippen molar-refractivity contribution < 1.29 is 14.3 Å². The van der Waals surface area contributed by atoms with Crippen molar-refractivity contribution in [3.8, 4) is 0 Å². The Morgan fingerprint density at radius 1 is 1.06 bits per heavy atom. The van der Waals surface area contributed by atoms with Crippen molar-refractivity contribution in [2.75, 3.05) is 56.7 Å². The van der Waals surface area contributed by atoms with Crippen LogP contribution < -0.4 is 15.5 Å². The summed E-state index contributed by atoms with van der Waals surface area (Å²) >= 11 is 0. The van der Waals surface area contributed by atoms with Gasteiger partial charge in [0.05, 0.1) is 19.3 Å². The zero-order valence-corrected chi connectivity index (χ0v) is 18.2. The van der Waals surface area contributed by atoms with E-state index in [0.717, 1.165) is 37.2 Å². The summed E-state index contributed by atoms with van der Waals surface area (Å²) in [4.78, 5) is 29.5. The first-order valence-corrected chi connectivity index (χ1v) is 10.8. The Bertz CT molecular complexity index is 956. The molecule has 4 rings (SSSR count). The van der Waals surface area contributed by atoms with Crippen molar-refractivity contribution in [2.45, 2.75) is 19.4 Å². The van der Waals surface area contributed by atoms with Crippen LogP contribution in [0.3, 0.4) is 0 Å². The van der Waals surface area contributed by atoms with Crippen LogP contribution in [0.15, 0.2) is 42.5 Å². The number of carbonyl (C=O) groups excluding carboxylic acids is 2. The summed E-state index contributed by atoms with van der Waals surface area (Å²) in [6.07, 6.45) is 1.03. The SMILES string of the molecule is Cc1ccccc1NC(=O)C(=O)NC[C@@H](c1ccc2c(c1)CCN2C)N1CCOCC1. The van der Waals surface area contributed by atoms with Crippen LogP contribution in [0.4, 0.5) is 11.4 Å². The molecule has 7 nitrogen and oxygen atoms in total. The normalized spacial score (nSPS) is 17.2. The quantitative estimate of drug-likeness (QED) is 0.722. The molecule has 2 aliphatic heterocycles. The molecule has 0 radical (unpaired) electrons. The molecule has 0 aliphatic carbocycles. The van der Waals surface area contributed by atoms with Gasteiger partial charge >= 0.3 is 11.8 Å². The average Bonchev–Trinajstić information content (AvgIpc) is 3.16. The van der Waals surface area contributed by atoms with Gasteiger partial charge in [-0.2, -0.15) is 0 Å². The number of likely N-dealkylation sites (N-methyl/N-ethyl adjacent to an activating group) is 1. The molecule has 31 heavy (non-hydrogen) atoms. The van der Waals surface area contributed by atoms with E-state index in [0.29, 0.717) is 25.4 Å². The minimum atomic E-state index is -0.648. The fourth-order valence-corrected chi connectivity index (χ4v) is 4.30. The molecule has 0 aromatic heterocycles. The van der Waals surface area contributed by atoms with E-state index in [1.54, 1.807) is 6.07 Å². The summed E-state index contributed by atoms with van der Waals surface area (Å²) in [7, 11) is 2.11. The summed E-state index contributed by atoms with van der Waals surface area (Å²) < 4.78 is 5.52. The Morgan fingerprint density at radius 2 is 1.84 bits per heavy atom. The van der Waals surface area contributed by atoms with Crippen molar-refractivity contribution >= 4 is 23.2 Å². The Morgan fingerprint density at radius 3 is 2.61 bits per heavy atom. The van der Waals surface area contributed by atoms with E-state index >= 15 is 0 Å². The number of amides is 2. The summed E-state index contributed by atoms with van der Waals surface area (Å²) in [5.41, 5.74) is 5.33. The van der Waals surface area contributed by atoms with Gasteiger partial charge in [-0.05, 0) is 42.2 Å². The van der Waals surface area contributed by atoms with Crippen LogP contribution in [0.1, 0.15) is 22.7 Å². The molecule has 2 amide bonds. The minimum absolute atomic E-state index is 0.00434. The Labute approximate surface area is 183 Å². The van der Waals surface area contributed by atoms with Crippen LogP contribution in [0, 0.1) is 6.92 Å². The predicted molar refractivity (Wildman–Crippen MR) is 121 cm³/mol. The van der Waals surface area contributed by atoms with Crippen molar-refractivity contribution in [1.82, 2.24) is 10.2 Å². The third-order valence-electron chi connectivity index (χ3n) is 6.16. The minimum Gasteiger partial charge on any atom is -0.379 e. The number of anilines is 2. The maximum Gasteiger partial charge on any atom is 0.313 e. The van der Waals surface area contributed by atoms with E-state index < -0.39 is 11.8 Å². The number of ether oxygens (including phenoxy) is 1. The number of fused-ring (bicyclic) bond motifs is 1. The van der Waals surface area contributed by atoms with E-state index in [2.05, 4.69) is 45.7 Å². The molecule has 2 N–H and O–H groups in total. The van der Waals surface area contributed by atoms with Gasteiger partial charge in [-0.25, -0.2) is 0 Å². The molecule has 0 unspecified atom stereocenters. The van der Waals surface area contributed by atoms with Crippen molar-refractivity contribution in [3.63, 3.8) is 0 Å². The van der Waals surface area contributed by atoms with Crippen LogP contribution in [0.2, 0.25) is 0 Å². The van der Waals surface area contributed by atoms with Gasteiger partial charge in [0.2, 0.25) is 0 Å². The molecule has 0 spiro atoms. The molecule has 1 saturated heterocycles. The van der Waals surface area contributed by atoms with Crippen LogP contribution in [-0.2, 0) is 20.7 Å². The number of benzene rings is 2. The van der Waals surface area contributed by atoms with Crippen molar-refractivity contribution in [3.05, 3.63) is 59.2 Å². The number of nitrogens with zero attached hydrogens (tertiary/aromatic N) is 2. The van der Waals surface area contributed by atoms with Gasteiger partial charge in [0.15, 0.2) is 0 Å². The monoisotopic (exact) mass is 422 g/mol. The Balaban J connectivity index is 1.46. The van der Waals surface area contributed by atoms with Crippen molar-refractivity contribution in [1.29, 1.82) is 0 Å². The molecule has 0 bridgehead atoms. The lowest BCUT2D eigenvalue weighted by Gasteiger charge is -2.35. The fourth-order valence-electron chi connectivity index (χ4n) is 4.30. The molecule has 2 aromatic rings. The molecule has 2 heterocycles. The second kappa shape index (κ2) is 9.49. The highest BCUT2D eigenvalue weighted by Crippen LogP contribution is 2.31. The number of nitrogens with one attached hydrogen (secondary N) is 2. The Hall–Kier alpha value is -2.90. The molecule has 0 saturated carbocycles. The van der Waals surface area contributed by atoms with Gasteiger partial charge in [0, 0.05) is 44.6 Å². The van der Waals surface area contributed by atoms with E-state index in [4.69, 9.17) is 4.74 Å². The Kier molecular flexibility index (Phi) is 6.53. The topological polar surface area (TPSA) is 73.9 Å². The smallest absolute Gasteiger partial charge is 0.313 e. The molecule has 1 fully saturated rings. The van der Waals surface area contributed by atoms with Crippen LogP contribution in [-0.4, -0.2) is 63.2 Å². The molecular weight excluding hydrogens is 392 g/mol. The summed E-state index contributed by atoms with van der Waals surface area (Å²) in [5.74, 6) is -1.27. The van der Waals surface area contributed by atoms with Gasteiger partial charge in [0.25, 0.3) is 0 Å². The van der Waals surface area contributed by atoms with E-state index in [-0.39, 0.29) is 6.04 Å². The van der Waals surface area contributed by atoms with E-state index in [9.17, 15) is 9.59 Å². The average molecular weight is 423 g/mol. The number of carbonyl (C=O) groups is 2. The molecule has 7 heteroatoms. The molecule has 1 atom stereocenters. The lowest BCUT2D eigenvalue weighted by Crippen LogP contribution is -2.45. The highest BCUT2D eigenvalue weighted by atomic mass is 16.5. The van der Waals surface area contributed by atoms with Gasteiger partial charge in [0.1, 0.15) is 0 Å². The number of morpholine rings is 1. The number of aryl methyl sites for hydroxylation is 1. The van der Waals surface area contributed by atoms with Crippen LogP contribution in [0.25, 0.3) is 0 Å². The van der Waals surface area contributed by atoms with Crippen molar-refractivity contribution in [2.24, 2.45) is 0 Å². The standard InChI is InChI=1S/C24H30N4O3/c1-17-5-3-4-6-20(17)26-24(30)23(29)25-16-22(28-11-13-31-14-12-28)18-7-8-21-19(15-18)9-10-27(21)2/h3-8,15,22H,9-14,16H2,1-2H3,(H,25,29)(H,26,30)/t22-/m0/s1. The first kappa shape index (κ1) is 21.3. The maximum absolute atomic E-state index is 12.5. The van der Waals surface area contributed by atoms with Crippen LogP contribution in [0.5, 0.6) is 0 Å². The van der Waals surface area contributed by atoms with Gasteiger partial charge in [-0.1, -0.05) is 30.3 Å². The molecule has 164 valence electrons. The number of para-hydroxylation sites is 1. The second-order valence-corrected chi connectivity index (χ2v) is 8.20. The largest absolute Gasteiger partial charge is 0.379 e. The number of rotatable bonds is 5. The summed E-state index contributed by atoms with van der Waals surface area (Å²) in [6, 6.07) is 14.0. The third kappa shape index (κ3) is 4.89. The first-order chi connectivity index (χ1) is 15.0. The summed E-state index contributed by atoms with van der Waals surface area (Å²) in [5, 5.41) is 5.55. The number of hydrogen-bond acceptors (Lipinski definition) is 5. The maximum atomic E-state index is 12.5. The zero-order chi connectivity index (χ0) is 21.8. The zero-order valence-electron chi connectivity index (χ0n) is 18.2. The fraction of sp³-hybridized carbons (Fsp3) is 0.417.